The molecular weight excluding hydrogens is 290 g/mol. The number of rotatable bonds is 6. The van der Waals surface area contributed by atoms with Gasteiger partial charge in [-0.15, -0.1) is 0 Å². The summed E-state index contributed by atoms with van der Waals surface area (Å²) in [5.74, 6) is 1.48. The van der Waals surface area contributed by atoms with E-state index in [0.29, 0.717) is 12.6 Å². The lowest BCUT2D eigenvalue weighted by atomic mass is 10.3. The van der Waals surface area contributed by atoms with Crippen LogP contribution < -0.4 is 15.4 Å². The Balaban J connectivity index is 1.45. The molecule has 0 radical (unpaired) electrons. The average molecular weight is 313 g/mol. The highest BCUT2D eigenvalue weighted by atomic mass is 16.5. The Morgan fingerprint density at radius 2 is 1.83 bits per heavy atom. The maximum absolute atomic E-state index is 5.81. The Bertz CT molecular complexity index is 593. The summed E-state index contributed by atoms with van der Waals surface area (Å²) in [4.78, 5) is 10.9. The number of hydrogen-bond donors (Lipinski definition) is 2. The van der Waals surface area contributed by atoms with Crippen LogP contribution in [0.15, 0.2) is 36.7 Å². The molecule has 0 amide bonds. The second-order valence-corrected chi connectivity index (χ2v) is 5.67. The quantitative estimate of drug-likeness (QED) is 0.848. The molecule has 1 aromatic carbocycles. The van der Waals surface area contributed by atoms with Crippen molar-refractivity contribution < 1.29 is 4.74 Å². The fourth-order valence-electron chi connectivity index (χ4n) is 2.45. The molecule has 1 aliphatic heterocycles. The predicted molar refractivity (Wildman–Crippen MR) is 91.3 cm³/mol. The van der Waals surface area contributed by atoms with Crippen LogP contribution in [0, 0.1) is 6.92 Å². The van der Waals surface area contributed by atoms with Gasteiger partial charge in [-0.05, 0) is 36.8 Å². The van der Waals surface area contributed by atoms with Crippen LogP contribution in [0.25, 0.3) is 0 Å². The van der Waals surface area contributed by atoms with Crippen molar-refractivity contribution in [1.29, 1.82) is 0 Å². The van der Waals surface area contributed by atoms with E-state index < -0.39 is 0 Å². The van der Waals surface area contributed by atoms with Crippen LogP contribution in [0.1, 0.15) is 5.56 Å². The van der Waals surface area contributed by atoms with Crippen LogP contribution in [0.2, 0.25) is 0 Å². The lowest BCUT2D eigenvalue weighted by Crippen LogP contribution is -2.44. The average Bonchev–Trinajstić information content (AvgIpc) is 2.59. The van der Waals surface area contributed by atoms with Gasteiger partial charge in [0.05, 0.1) is 0 Å². The van der Waals surface area contributed by atoms with Crippen LogP contribution in [-0.2, 0) is 0 Å². The molecule has 0 saturated carbocycles. The van der Waals surface area contributed by atoms with Gasteiger partial charge in [0.2, 0.25) is 5.95 Å². The van der Waals surface area contributed by atoms with Crippen molar-refractivity contribution in [3.63, 3.8) is 0 Å². The smallest absolute Gasteiger partial charge is 0.227 e. The summed E-state index contributed by atoms with van der Waals surface area (Å²) in [5, 5.41) is 6.53. The number of ether oxygens (including phenoxy) is 1. The van der Waals surface area contributed by atoms with Crippen LogP contribution in [0.3, 0.4) is 0 Å². The number of benzene rings is 1. The fourth-order valence-corrected chi connectivity index (χ4v) is 2.45. The summed E-state index contributed by atoms with van der Waals surface area (Å²) in [6.07, 6.45) is 3.59. The van der Waals surface area contributed by atoms with Crippen molar-refractivity contribution >= 4 is 11.6 Å². The summed E-state index contributed by atoms with van der Waals surface area (Å²) in [6, 6.07) is 7.88. The van der Waals surface area contributed by atoms with Gasteiger partial charge in [-0.1, -0.05) is 0 Å². The Morgan fingerprint density at radius 1 is 1.13 bits per heavy atom. The highest BCUT2D eigenvalue weighted by molar-refractivity contribution is 5.54. The topological polar surface area (TPSA) is 62.3 Å². The molecule has 0 unspecified atom stereocenters. The zero-order chi connectivity index (χ0) is 15.9. The molecule has 2 heterocycles. The van der Waals surface area contributed by atoms with E-state index in [9.17, 15) is 0 Å². The van der Waals surface area contributed by atoms with Crippen LogP contribution >= 0.6 is 0 Å². The van der Waals surface area contributed by atoms with Gasteiger partial charge >= 0.3 is 0 Å². The van der Waals surface area contributed by atoms with Gasteiger partial charge in [0, 0.05) is 50.8 Å². The summed E-state index contributed by atoms with van der Waals surface area (Å²) in [6.45, 7) is 8.00. The van der Waals surface area contributed by atoms with Crippen molar-refractivity contribution in [2.45, 2.75) is 6.92 Å². The first-order chi connectivity index (χ1) is 11.3. The molecule has 2 aromatic rings. The van der Waals surface area contributed by atoms with Crippen molar-refractivity contribution in [2.24, 2.45) is 0 Å². The number of aryl methyl sites for hydroxylation is 1. The third kappa shape index (κ3) is 4.91. The number of aromatic nitrogens is 2. The molecule has 1 saturated heterocycles. The molecule has 6 heteroatoms. The molecule has 0 aliphatic carbocycles. The summed E-state index contributed by atoms with van der Waals surface area (Å²) in [5.41, 5.74) is 1.99. The minimum atomic E-state index is 0.600. The molecule has 23 heavy (non-hydrogen) atoms. The molecule has 3 rings (SSSR count). The molecule has 0 bridgehead atoms. The fraction of sp³-hybridized carbons (Fsp3) is 0.412. The normalized spacial score (nSPS) is 15.3. The minimum absolute atomic E-state index is 0.600. The zero-order valence-corrected chi connectivity index (χ0v) is 13.5. The van der Waals surface area contributed by atoms with Crippen molar-refractivity contribution in [1.82, 2.24) is 20.2 Å². The molecule has 0 spiro atoms. The van der Waals surface area contributed by atoms with Gasteiger partial charge in [-0.3, -0.25) is 4.90 Å². The molecule has 1 aromatic heterocycles. The molecule has 6 nitrogen and oxygen atoms in total. The van der Waals surface area contributed by atoms with Crippen molar-refractivity contribution in [2.75, 3.05) is 44.6 Å². The summed E-state index contributed by atoms with van der Waals surface area (Å²) in [7, 11) is 0. The predicted octanol–water partition coefficient (Wildman–Crippen LogP) is 1.81. The zero-order valence-electron chi connectivity index (χ0n) is 13.5. The van der Waals surface area contributed by atoms with Gasteiger partial charge in [-0.25, -0.2) is 9.97 Å². The van der Waals surface area contributed by atoms with E-state index in [1.54, 1.807) is 12.4 Å². The first kappa shape index (κ1) is 15.7. The van der Waals surface area contributed by atoms with Crippen molar-refractivity contribution in [3.05, 3.63) is 42.2 Å². The second kappa shape index (κ2) is 7.89. The van der Waals surface area contributed by atoms with Gasteiger partial charge in [0.25, 0.3) is 0 Å². The second-order valence-electron chi connectivity index (χ2n) is 5.67. The third-order valence-electron chi connectivity index (χ3n) is 3.78. The van der Waals surface area contributed by atoms with E-state index in [1.807, 2.05) is 31.2 Å². The molecular formula is C17H23N5O. The Labute approximate surface area is 136 Å². The monoisotopic (exact) mass is 313 g/mol. The number of piperazine rings is 1. The van der Waals surface area contributed by atoms with E-state index in [-0.39, 0.29) is 0 Å². The first-order valence-electron chi connectivity index (χ1n) is 8.01. The number of nitrogens with one attached hydrogen (secondary N) is 2. The number of hydrogen-bond acceptors (Lipinski definition) is 6. The lowest BCUT2D eigenvalue weighted by molar-refractivity contribution is 0.191. The molecule has 2 N–H and O–H groups in total. The largest absolute Gasteiger partial charge is 0.492 e. The lowest BCUT2D eigenvalue weighted by Gasteiger charge is -2.26. The van der Waals surface area contributed by atoms with Gasteiger partial charge in [0.15, 0.2) is 0 Å². The van der Waals surface area contributed by atoms with Gasteiger partial charge in [-0.2, -0.15) is 0 Å². The Morgan fingerprint density at radius 3 is 2.52 bits per heavy atom. The molecule has 1 fully saturated rings. The van der Waals surface area contributed by atoms with Crippen LogP contribution in [0.4, 0.5) is 11.6 Å². The number of nitrogens with zero attached hydrogens (tertiary/aromatic N) is 3. The Hall–Kier alpha value is -2.18. The van der Waals surface area contributed by atoms with E-state index in [4.69, 9.17) is 4.74 Å². The highest BCUT2D eigenvalue weighted by Gasteiger charge is 2.08. The Kier molecular flexibility index (Phi) is 5.39. The summed E-state index contributed by atoms with van der Waals surface area (Å²) >= 11 is 0. The van der Waals surface area contributed by atoms with Gasteiger partial charge < -0.3 is 15.4 Å². The third-order valence-corrected chi connectivity index (χ3v) is 3.78. The molecule has 1 aliphatic rings. The highest BCUT2D eigenvalue weighted by Crippen LogP contribution is 2.18. The summed E-state index contributed by atoms with van der Waals surface area (Å²) < 4.78 is 5.81. The van der Waals surface area contributed by atoms with Gasteiger partial charge in [0.1, 0.15) is 12.4 Å². The first-order valence-corrected chi connectivity index (χ1v) is 8.01. The maximum Gasteiger partial charge on any atom is 0.227 e. The minimum Gasteiger partial charge on any atom is -0.492 e. The standard InChI is InChI=1S/C17H23N5O/c1-14-12-19-17(20-13-14)21-15-2-4-16(5-3-15)23-11-10-22-8-6-18-7-9-22/h2-5,12-13,18H,6-11H2,1H3,(H,19,20,21). The molecule has 122 valence electrons. The SMILES string of the molecule is Cc1cnc(Nc2ccc(OCCN3CCNCC3)cc2)nc1. The number of anilines is 2. The van der Waals surface area contributed by atoms with Crippen LogP contribution in [-0.4, -0.2) is 54.2 Å². The van der Waals surface area contributed by atoms with E-state index >= 15 is 0 Å². The van der Waals surface area contributed by atoms with Crippen LogP contribution in [0.5, 0.6) is 5.75 Å². The van der Waals surface area contributed by atoms with E-state index in [2.05, 4.69) is 25.5 Å². The maximum atomic E-state index is 5.81. The van der Waals surface area contributed by atoms with Crippen molar-refractivity contribution in [3.8, 4) is 5.75 Å². The van der Waals surface area contributed by atoms with E-state index in [0.717, 1.165) is 49.7 Å². The van der Waals surface area contributed by atoms with E-state index in [1.165, 1.54) is 0 Å². The molecule has 0 atom stereocenters.